The molecule has 0 N–H and O–H groups in total. The molecule has 0 saturated carbocycles. The van der Waals surface area contributed by atoms with Crippen molar-refractivity contribution < 1.29 is 4.73 Å². The molecular formula is C6H8ClNOS. The lowest BCUT2D eigenvalue weighted by Gasteiger charge is -1.98. The summed E-state index contributed by atoms with van der Waals surface area (Å²) < 4.78 is 0.812. The van der Waals surface area contributed by atoms with Gasteiger partial charge in [-0.2, -0.15) is 17.4 Å². The van der Waals surface area contributed by atoms with E-state index in [1.807, 2.05) is 6.07 Å². The first kappa shape index (κ1) is 9.59. The van der Waals surface area contributed by atoms with E-state index in [0.29, 0.717) is 11.4 Å². The number of hydrogen-bond donors (Lipinski definition) is 1. The SMILES string of the molecule is Cl.[O-][n+]1ccccc1CS. The summed E-state index contributed by atoms with van der Waals surface area (Å²) in [5.41, 5.74) is 0.681. The quantitative estimate of drug-likeness (QED) is 0.389. The molecule has 0 aliphatic carbocycles. The molecule has 1 aromatic rings. The molecule has 56 valence electrons. The first-order chi connectivity index (χ1) is 4.34. The fourth-order valence-electron chi connectivity index (χ4n) is 0.586. The Bertz CT molecular complexity index is 207. The topological polar surface area (TPSA) is 26.9 Å². The molecule has 0 fully saturated rings. The van der Waals surface area contributed by atoms with E-state index in [2.05, 4.69) is 12.6 Å². The molecule has 1 aromatic heterocycles. The first-order valence-corrected chi connectivity index (χ1v) is 3.26. The molecule has 10 heavy (non-hydrogen) atoms. The van der Waals surface area contributed by atoms with Gasteiger partial charge in [0.1, 0.15) is 0 Å². The van der Waals surface area contributed by atoms with Crippen LogP contribution in [0.5, 0.6) is 0 Å². The summed E-state index contributed by atoms with van der Waals surface area (Å²) in [7, 11) is 0. The average Bonchev–Trinajstić information content (AvgIpc) is 1.89. The Morgan fingerprint density at radius 2 is 2.20 bits per heavy atom. The van der Waals surface area contributed by atoms with E-state index >= 15 is 0 Å². The fraction of sp³-hybridized carbons (Fsp3) is 0.167. The monoisotopic (exact) mass is 177 g/mol. The zero-order chi connectivity index (χ0) is 6.69. The lowest BCUT2D eigenvalue weighted by Crippen LogP contribution is -2.29. The number of hydrogen-bond acceptors (Lipinski definition) is 2. The second kappa shape index (κ2) is 4.41. The summed E-state index contributed by atoms with van der Waals surface area (Å²) in [5, 5.41) is 10.7. The molecule has 2 nitrogen and oxygen atoms in total. The smallest absolute Gasteiger partial charge is 0.202 e. The van der Waals surface area contributed by atoms with Gasteiger partial charge in [-0.25, -0.2) is 0 Å². The van der Waals surface area contributed by atoms with Crippen LogP contribution < -0.4 is 4.73 Å². The zero-order valence-electron chi connectivity index (χ0n) is 5.23. The molecule has 4 heteroatoms. The maximum absolute atomic E-state index is 10.7. The lowest BCUT2D eigenvalue weighted by atomic mass is 10.4. The van der Waals surface area contributed by atoms with Crippen LogP contribution in [0.25, 0.3) is 0 Å². The van der Waals surface area contributed by atoms with Crippen LogP contribution >= 0.6 is 25.0 Å². The van der Waals surface area contributed by atoms with Crippen LogP contribution in [0.15, 0.2) is 24.4 Å². The maximum atomic E-state index is 10.7. The Labute approximate surface area is 71.3 Å². The highest BCUT2D eigenvalue weighted by Crippen LogP contribution is 1.93. The number of aromatic nitrogens is 1. The van der Waals surface area contributed by atoms with Crippen molar-refractivity contribution >= 4 is 25.0 Å². The van der Waals surface area contributed by atoms with Gasteiger partial charge >= 0.3 is 0 Å². The third kappa shape index (κ3) is 2.08. The zero-order valence-corrected chi connectivity index (χ0v) is 6.94. The predicted octanol–water partition coefficient (Wildman–Crippen LogP) is 1.17. The van der Waals surface area contributed by atoms with Gasteiger partial charge in [0, 0.05) is 12.1 Å². The van der Waals surface area contributed by atoms with Crippen LogP contribution in [0.1, 0.15) is 5.69 Å². The average molecular weight is 178 g/mol. The molecule has 0 atom stereocenters. The molecule has 0 aliphatic heterocycles. The second-order valence-corrected chi connectivity index (χ2v) is 1.99. The van der Waals surface area contributed by atoms with E-state index in [0.717, 1.165) is 4.73 Å². The van der Waals surface area contributed by atoms with Gasteiger partial charge in [-0.3, -0.25) is 0 Å². The Hall–Kier alpha value is -0.410. The molecule has 1 heterocycles. The van der Waals surface area contributed by atoms with Crippen molar-refractivity contribution in [2.24, 2.45) is 0 Å². The molecule has 1 rings (SSSR count). The van der Waals surface area contributed by atoms with E-state index in [9.17, 15) is 5.21 Å². The van der Waals surface area contributed by atoms with E-state index in [1.165, 1.54) is 6.20 Å². The van der Waals surface area contributed by atoms with Gasteiger partial charge in [-0.05, 0) is 6.07 Å². The predicted molar refractivity (Wildman–Crippen MR) is 45.3 cm³/mol. The van der Waals surface area contributed by atoms with Crippen LogP contribution in [-0.4, -0.2) is 0 Å². The summed E-state index contributed by atoms with van der Waals surface area (Å²) >= 11 is 3.96. The molecule has 0 spiro atoms. The standard InChI is InChI=1S/C6H7NOS.ClH/c8-7-4-2-1-3-6(7)5-9;/h1-4,9H,5H2;1H. The Morgan fingerprint density at radius 3 is 2.60 bits per heavy atom. The van der Waals surface area contributed by atoms with E-state index in [-0.39, 0.29) is 12.4 Å². The first-order valence-electron chi connectivity index (χ1n) is 2.62. The van der Waals surface area contributed by atoms with Gasteiger partial charge in [0.25, 0.3) is 0 Å². The summed E-state index contributed by atoms with van der Waals surface area (Å²) in [5.74, 6) is 0.490. The van der Waals surface area contributed by atoms with Crippen molar-refractivity contribution in [1.82, 2.24) is 0 Å². The normalized spacial score (nSPS) is 8.50. The number of rotatable bonds is 1. The van der Waals surface area contributed by atoms with E-state index in [4.69, 9.17) is 0 Å². The van der Waals surface area contributed by atoms with Gasteiger partial charge in [-0.1, -0.05) is 0 Å². The molecule has 0 aliphatic rings. The minimum Gasteiger partial charge on any atom is -0.618 e. The highest BCUT2D eigenvalue weighted by Gasteiger charge is 1.96. The van der Waals surface area contributed by atoms with Crippen LogP contribution in [-0.2, 0) is 5.75 Å². The maximum Gasteiger partial charge on any atom is 0.202 e. The summed E-state index contributed by atoms with van der Waals surface area (Å²) in [6.45, 7) is 0. The third-order valence-electron chi connectivity index (χ3n) is 1.07. The highest BCUT2D eigenvalue weighted by molar-refractivity contribution is 7.79. The minimum absolute atomic E-state index is 0. The number of thiol groups is 1. The highest BCUT2D eigenvalue weighted by atomic mass is 35.5. The Kier molecular flexibility index (Phi) is 4.23. The Morgan fingerprint density at radius 1 is 1.50 bits per heavy atom. The second-order valence-electron chi connectivity index (χ2n) is 1.68. The lowest BCUT2D eigenvalue weighted by molar-refractivity contribution is -0.612. The van der Waals surface area contributed by atoms with Gasteiger partial charge in [-0.15, -0.1) is 12.4 Å². The summed E-state index contributed by atoms with van der Waals surface area (Å²) in [4.78, 5) is 0. The fourth-order valence-corrected chi connectivity index (χ4v) is 0.831. The van der Waals surface area contributed by atoms with Gasteiger partial charge < -0.3 is 5.21 Å². The summed E-state index contributed by atoms with van der Waals surface area (Å²) in [6, 6.07) is 5.26. The molecule has 0 radical (unpaired) electrons. The third-order valence-corrected chi connectivity index (χ3v) is 1.39. The molecule has 0 aromatic carbocycles. The van der Waals surface area contributed by atoms with Gasteiger partial charge in [0.15, 0.2) is 6.20 Å². The van der Waals surface area contributed by atoms with Crippen molar-refractivity contribution in [2.45, 2.75) is 5.75 Å². The van der Waals surface area contributed by atoms with Crippen molar-refractivity contribution in [2.75, 3.05) is 0 Å². The van der Waals surface area contributed by atoms with Crippen LogP contribution in [0.2, 0.25) is 0 Å². The number of pyridine rings is 1. The van der Waals surface area contributed by atoms with Crippen LogP contribution in [0.3, 0.4) is 0 Å². The van der Waals surface area contributed by atoms with Crippen molar-refractivity contribution in [3.63, 3.8) is 0 Å². The largest absolute Gasteiger partial charge is 0.618 e. The molecule has 0 unspecified atom stereocenters. The van der Waals surface area contributed by atoms with Crippen molar-refractivity contribution in [1.29, 1.82) is 0 Å². The van der Waals surface area contributed by atoms with E-state index in [1.54, 1.807) is 12.1 Å². The minimum atomic E-state index is 0. The van der Waals surface area contributed by atoms with Crippen LogP contribution in [0.4, 0.5) is 0 Å². The molecule has 0 amide bonds. The molecule has 0 bridgehead atoms. The van der Waals surface area contributed by atoms with Crippen LogP contribution in [0, 0.1) is 5.21 Å². The van der Waals surface area contributed by atoms with Gasteiger partial charge in [0.2, 0.25) is 5.69 Å². The van der Waals surface area contributed by atoms with Gasteiger partial charge in [0.05, 0.1) is 5.75 Å². The molecular weight excluding hydrogens is 170 g/mol. The molecule has 0 saturated heterocycles. The summed E-state index contributed by atoms with van der Waals surface area (Å²) in [6.07, 6.45) is 1.46. The number of halogens is 1. The van der Waals surface area contributed by atoms with Crippen molar-refractivity contribution in [3.8, 4) is 0 Å². The van der Waals surface area contributed by atoms with E-state index < -0.39 is 0 Å². The Balaban J connectivity index is 0.000000810. The number of nitrogens with zero attached hydrogens (tertiary/aromatic N) is 1. The van der Waals surface area contributed by atoms with Crippen molar-refractivity contribution in [3.05, 3.63) is 35.3 Å².